The topological polar surface area (TPSA) is 87.8 Å². The zero-order valence-corrected chi connectivity index (χ0v) is 7.34. The van der Waals surface area contributed by atoms with Crippen LogP contribution in [0.4, 0.5) is 0 Å². The van der Waals surface area contributed by atoms with Crippen LogP contribution in [-0.2, 0) is 16.6 Å². The molecule has 4 nitrogen and oxygen atoms in total. The van der Waals surface area contributed by atoms with Crippen molar-refractivity contribution in [2.24, 2.45) is 5.14 Å². The third-order valence-corrected chi connectivity index (χ3v) is 2.43. The molecule has 0 saturated carbocycles. The van der Waals surface area contributed by atoms with Crippen molar-refractivity contribution in [1.29, 1.82) is 0 Å². The Hall–Kier alpha value is -0.910. The number of hydrogen-bond acceptors (Lipinski definition) is 2. The lowest BCUT2D eigenvalue weighted by Crippen LogP contribution is -2.47. The average molecular weight is 187 g/mol. The summed E-state index contributed by atoms with van der Waals surface area (Å²) in [6.45, 7) is 0.559. The Kier molecular flexibility index (Phi) is 2.46. The molecule has 5 N–H and O–H groups in total. The van der Waals surface area contributed by atoms with Crippen LogP contribution < -0.4 is 10.9 Å². The summed E-state index contributed by atoms with van der Waals surface area (Å²) in [7, 11) is -3.56. The van der Waals surface area contributed by atoms with E-state index in [0.29, 0.717) is 6.54 Å². The number of nitrogens with two attached hydrogens (primary N) is 1. The van der Waals surface area contributed by atoms with Gasteiger partial charge in [-0.2, -0.15) is 0 Å². The SMILES string of the molecule is NS(=O)(=O)c1cccc(C[NH3+])c1. The van der Waals surface area contributed by atoms with Crippen LogP contribution in [0.25, 0.3) is 0 Å². The zero-order valence-electron chi connectivity index (χ0n) is 6.53. The van der Waals surface area contributed by atoms with E-state index in [9.17, 15) is 8.42 Å². The van der Waals surface area contributed by atoms with Gasteiger partial charge in [-0.3, -0.25) is 0 Å². The Balaban J connectivity index is 3.20. The Bertz CT molecular complexity index is 373. The molecule has 66 valence electrons. The third-order valence-electron chi connectivity index (χ3n) is 1.52. The van der Waals surface area contributed by atoms with E-state index < -0.39 is 10.0 Å². The van der Waals surface area contributed by atoms with E-state index in [1.807, 2.05) is 6.07 Å². The van der Waals surface area contributed by atoms with Gasteiger partial charge in [-0.1, -0.05) is 12.1 Å². The molecule has 0 aliphatic carbocycles. The van der Waals surface area contributed by atoms with Crippen molar-refractivity contribution >= 4 is 10.0 Å². The molecule has 0 unspecified atom stereocenters. The number of rotatable bonds is 2. The summed E-state index contributed by atoms with van der Waals surface area (Å²) in [5, 5.41) is 4.93. The van der Waals surface area contributed by atoms with Crippen LogP contribution in [0, 0.1) is 0 Å². The summed E-state index contributed by atoms with van der Waals surface area (Å²) < 4.78 is 21.7. The minimum Gasteiger partial charge on any atom is -0.354 e. The summed E-state index contributed by atoms with van der Waals surface area (Å²) in [4.78, 5) is 0.142. The quantitative estimate of drug-likeness (QED) is 0.627. The van der Waals surface area contributed by atoms with Crippen LogP contribution in [0.3, 0.4) is 0 Å². The first-order valence-corrected chi connectivity index (χ1v) is 4.99. The highest BCUT2D eigenvalue weighted by atomic mass is 32.2. The highest BCUT2D eigenvalue weighted by molar-refractivity contribution is 7.89. The summed E-state index contributed by atoms with van der Waals surface area (Å²) in [5.41, 5.74) is 4.51. The highest BCUT2D eigenvalue weighted by Gasteiger charge is 2.07. The van der Waals surface area contributed by atoms with Crippen LogP contribution in [-0.4, -0.2) is 8.42 Å². The highest BCUT2D eigenvalue weighted by Crippen LogP contribution is 2.08. The molecule has 0 amide bonds. The van der Waals surface area contributed by atoms with E-state index in [1.165, 1.54) is 12.1 Å². The number of primary sulfonamides is 1. The van der Waals surface area contributed by atoms with Crippen molar-refractivity contribution in [3.63, 3.8) is 0 Å². The van der Waals surface area contributed by atoms with Crippen LogP contribution in [0.1, 0.15) is 5.56 Å². The zero-order chi connectivity index (χ0) is 9.19. The normalized spacial score (nSPS) is 11.5. The van der Waals surface area contributed by atoms with Crippen LogP contribution in [0.5, 0.6) is 0 Å². The van der Waals surface area contributed by atoms with Crippen molar-refractivity contribution in [2.75, 3.05) is 0 Å². The Labute approximate surface area is 71.2 Å². The van der Waals surface area contributed by atoms with Crippen LogP contribution in [0.2, 0.25) is 0 Å². The van der Waals surface area contributed by atoms with Gasteiger partial charge >= 0.3 is 0 Å². The van der Waals surface area contributed by atoms with E-state index in [-0.39, 0.29) is 4.90 Å². The van der Waals surface area contributed by atoms with Gasteiger partial charge in [-0.25, -0.2) is 13.6 Å². The molecule has 1 aromatic rings. The fraction of sp³-hybridized carbons (Fsp3) is 0.143. The first kappa shape index (κ1) is 9.18. The lowest BCUT2D eigenvalue weighted by Gasteiger charge is -1.98. The van der Waals surface area contributed by atoms with E-state index >= 15 is 0 Å². The molecule has 0 fully saturated rings. The maximum Gasteiger partial charge on any atom is 0.238 e. The van der Waals surface area contributed by atoms with Gasteiger partial charge in [-0.15, -0.1) is 0 Å². The van der Waals surface area contributed by atoms with Gasteiger partial charge < -0.3 is 5.73 Å². The van der Waals surface area contributed by atoms with E-state index in [2.05, 4.69) is 5.73 Å². The predicted molar refractivity (Wildman–Crippen MR) is 44.4 cm³/mol. The van der Waals surface area contributed by atoms with Gasteiger partial charge in [-0.05, 0) is 12.1 Å². The molecule has 5 heteroatoms. The van der Waals surface area contributed by atoms with Crippen molar-refractivity contribution < 1.29 is 14.2 Å². The molecule has 1 aromatic carbocycles. The smallest absolute Gasteiger partial charge is 0.238 e. The largest absolute Gasteiger partial charge is 0.354 e. The van der Waals surface area contributed by atoms with E-state index in [0.717, 1.165) is 5.56 Å². The van der Waals surface area contributed by atoms with Crippen LogP contribution >= 0.6 is 0 Å². The fourth-order valence-corrected chi connectivity index (χ4v) is 1.46. The maximum atomic E-state index is 10.9. The third kappa shape index (κ3) is 2.04. The number of sulfonamides is 1. The van der Waals surface area contributed by atoms with E-state index in [4.69, 9.17) is 5.14 Å². The summed E-state index contributed by atoms with van der Waals surface area (Å²) >= 11 is 0. The van der Waals surface area contributed by atoms with Gasteiger partial charge in [0.05, 0.1) is 11.4 Å². The molecule has 0 aromatic heterocycles. The molecule has 0 radical (unpaired) electrons. The molecule has 1 rings (SSSR count). The molecule has 0 bridgehead atoms. The minimum atomic E-state index is -3.56. The Morgan fingerprint density at radius 3 is 2.58 bits per heavy atom. The first-order valence-electron chi connectivity index (χ1n) is 3.45. The molecular formula is C7H11N2O2S+. The van der Waals surface area contributed by atoms with Gasteiger partial charge in [0.25, 0.3) is 0 Å². The maximum absolute atomic E-state index is 10.9. The summed E-state index contributed by atoms with van der Waals surface area (Å²) in [6.07, 6.45) is 0. The summed E-state index contributed by atoms with van der Waals surface area (Å²) in [6, 6.07) is 6.46. The second kappa shape index (κ2) is 3.22. The molecule has 0 spiro atoms. The summed E-state index contributed by atoms with van der Waals surface area (Å²) in [5.74, 6) is 0. The lowest BCUT2D eigenvalue weighted by atomic mass is 10.2. The number of quaternary nitrogens is 1. The fourth-order valence-electron chi connectivity index (χ4n) is 0.878. The second-order valence-corrected chi connectivity index (χ2v) is 4.00. The molecule has 0 saturated heterocycles. The Morgan fingerprint density at radius 1 is 1.42 bits per heavy atom. The molecular weight excluding hydrogens is 176 g/mol. The van der Waals surface area contributed by atoms with Gasteiger partial charge in [0, 0.05) is 5.56 Å². The van der Waals surface area contributed by atoms with Crippen LogP contribution in [0.15, 0.2) is 29.2 Å². The molecule has 0 aliphatic rings. The number of hydrogen-bond donors (Lipinski definition) is 2. The van der Waals surface area contributed by atoms with Crippen molar-refractivity contribution in [3.05, 3.63) is 29.8 Å². The molecule has 0 atom stereocenters. The van der Waals surface area contributed by atoms with Gasteiger partial charge in [0.15, 0.2) is 0 Å². The standard InChI is InChI=1S/C7H10N2O2S/c8-5-6-2-1-3-7(4-6)12(9,10)11/h1-4H,5,8H2,(H2,9,10,11)/p+1. The predicted octanol–water partition coefficient (Wildman–Crippen LogP) is -0.924. The number of benzene rings is 1. The lowest BCUT2D eigenvalue weighted by molar-refractivity contribution is -0.386. The average Bonchev–Trinajstić information content (AvgIpc) is 2.03. The minimum absolute atomic E-state index is 0.142. The molecule has 12 heavy (non-hydrogen) atoms. The van der Waals surface area contributed by atoms with Crippen molar-refractivity contribution in [2.45, 2.75) is 11.4 Å². The molecule has 0 aliphatic heterocycles. The Morgan fingerprint density at radius 2 is 2.08 bits per heavy atom. The first-order chi connectivity index (χ1) is 5.54. The van der Waals surface area contributed by atoms with Gasteiger partial charge in [0.1, 0.15) is 0 Å². The van der Waals surface area contributed by atoms with E-state index in [1.54, 1.807) is 6.07 Å². The molecule has 0 heterocycles. The van der Waals surface area contributed by atoms with Crippen molar-refractivity contribution in [1.82, 2.24) is 0 Å². The second-order valence-electron chi connectivity index (χ2n) is 2.44. The van der Waals surface area contributed by atoms with Crippen molar-refractivity contribution in [3.8, 4) is 0 Å². The van der Waals surface area contributed by atoms with Gasteiger partial charge in [0.2, 0.25) is 10.0 Å². The monoisotopic (exact) mass is 187 g/mol.